The fourth-order valence-electron chi connectivity index (χ4n) is 2.76. The molecule has 1 fully saturated rings. The van der Waals surface area contributed by atoms with Gasteiger partial charge in [0.2, 0.25) is 0 Å². The Balaban J connectivity index is 2.23. The van der Waals surface area contributed by atoms with E-state index in [1.165, 1.54) is 0 Å². The summed E-state index contributed by atoms with van der Waals surface area (Å²) in [6, 6.07) is 1.62. The smallest absolute Gasteiger partial charge is 0.341 e. The lowest BCUT2D eigenvalue weighted by molar-refractivity contribution is 0.0526. The van der Waals surface area contributed by atoms with Crippen LogP contribution in [0.1, 0.15) is 36.5 Å². The molecule has 2 rings (SSSR count). The number of aliphatic hydroxyl groups is 1. The second kappa shape index (κ2) is 7.26. The molecule has 0 bridgehead atoms. The van der Waals surface area contributed by atoms with Gasteiger partial charge in [0, 0.05) is 19.7 Å². The van der Waals surface area contributed by atoms with E-state index in [-0.39, 0.29) is 6.61 Å². The summed E-state index contributed by atoms with van der Waals surface area (Å²) in [7, 11) is 0. The van der Waals surface area contributed by atoms with Crippen molar-refractivity contribution in [2.24, 2.45) is 5.92 Å². The second-order valence-electron chi connectivity index (χ2n) is 5.33. The fraction of sp³-hybridized carbons (Fsp3) is 0.600. The molecule has 0 radical (unpaired) electrons. The van der Waals surface area contributed by atoms with Crippen molar-refractivity contribution in [1.29, 1.82) is 0 Å². The first kappa shape index (κ1) is 15.6. The van der Waals surface area contributed by atoms with E-state index in [1.54, 1.807) is 19.2 Å². The molecule has 3 N–H and O–H groups in total. The van der Waals surface area contributed by atoms with Crippen LogP contribution in [-0.4, -0.2) is 42.4 Å². The minimum Gasteiger partial charge on any atom is -0.462 e. The summed E-state index contributed by atoms with van der Waals surface area (Å²) < 4.78 is 5.09. The summed E-state index contributed by atoms with van der Waals surface area (Å²) in [5, 5.41) is 9.10. The number of nitrogens with two attached hydrogens (primary N) is 1. The van der Waals surface area contributed by atoms with Crippen molar-refractivity contribution < 1.29 is 14.6 Å². The Kier molecular flexibility index (Phi) is 5.38. The number of aromatic nitrogens is 1. The number of carbonyl (C=O) groups is 1. The van der Waals surface area contributed by atoms with E-state index >= 15 is 0 Å². The predicted molar refractivity (Wildman–Crippen MR) is 81.2 cm³/mol. The molecule has 1 aromatic heterocycles. The summed E-state index contributed by atoms with van der Waals surface area (Å²) in [4.78, 5) is 18.5. The number of rotatable bonds is 5. The lowest BCUT2D eigenvalue weighted by Gasteiger charge is -2.34. The zero-order valence-electron chi connectivity index (χ0n) is 12.4. The zero-order valence-corrected chi connectivity index (χ0v) is 12.4. The van der Waals surface area contributed by atoms with Gasteiger partial charge in [-0.3, -0.25) is 0 Å². The molecule has 1 aliphatic rings. The molecule has 1 unspecified atom stereocenters. The van der Waals surface area contributed by atoms with Crippen LogP contribution in [0.3, 0.4) is 0 Å². The van der Waals surface area contributed by atoms with Crippen molar-refractivity contribution >= 4 is 17.5 Å². The highest BCUT2D eigenvalue weighted by molar-refractivity contribution is 5.95. The number of aliphatic hydroxyl groups excluding tert-OH is 1. The van der Waals surface area contributed by atoms with Crippen LogP contribution in [0.25, 0.3) is 0 Å². The molecule has 21 heavy (non-hydrogen) atoms. The topological polar surface area (TPSA) is 88.7 Å². The quantitative estimate of drug-likeness (QED) is 0.799. The maximum absolute atomic E-state index is 12.1. The van der Waals surface area contributed by atoms with Crippen molar-refractivity contribution in [2.45, 2.75) is 26.2 Å². The lowest BCUT2D eigenvalue weighted by atomic mass is 9.95. The Hall–Kier alpha value is -1.82. The number of piperidine rings is 1. The van der Waals surface area contributed by atoms with Crippen LogP contribution in [-0.2, 0) is 4.74 Å². The molecule has 0 aliphatic carbocycles. The van der Waals surface area contributed by atoms with Gasteiger partial charge < -0.3 is 20.5 Å². The van der Waals surface area contributed by atoms with Crippen LogP contribution in [0.15, 0.2) is 12.3 Å². The average Bonchev–Trinajstić information content (AvgIpc) is 2.48. The summed E-state index contributed by atoms with van der Waals surface area (Å²) in [5.41, 5.74) is 6.61. The molecule has 0 spiro atoms. The van der Waals surface area contributed by atoms with Gasteiger partial charge in [0.1, 0.15) is 11.4 Å². The van der Waals surface area contributed by atoms with Crippen LogP contribution in [0.5, 0.6) is 0 Å². The number of pyridine rings is 1. The van der Waals surface area contributed by atoms with Crippen molar-refractivity contribution in [1.82, 2.24) is 4.98 Å². The number of hydrogen-bond donors (Lipinski definition) is 2. The van der Waals surface area contributed by atoms with Crippen LogP contribution < -0.4 is 10.6 Å². The van der Waals surface area contributed by atoms with Crippen LogP contribution in [0.4, 0.5) is 11.5 Å². The number of nitrogens with zero attached hydrogens (tertiary/aromatic N) is 2. The molecule has 6 heteroatoms. The number of carbonyl (C=O) groups excluding carboxylic acids is 1. The van der Waals surface area contributed by atoms with Gasteiger partial charge in [0.15, 0.2) is 0 Å². The highest BCUT2D eigenvalue weighted by atomic mass is 16.5. The Labute approximate surface area is 124 Å². The van der Waals surface area contributed by atoms with Crippen LogP contribution in [0.2, 0.25) is 0 Å². The number of esters is 1. The Morgan fingerprint density at radius 3 is 3.14 bits per heavy atom. The molecule has 0 aromatic carbocycles. The monoisotopic (exact) mass is 293 g/mol. The molecular formula is C15H23N3O3. The van der Waals surface area contributed by atoms with Gasteiger partial charge in [0.25, 0.3) is 0 Å². The first-order chi connectivity index (χ1) is 10.2. The van der Waals surface area contributed by atoms with E-state index in [2.05, 4.69) is 9.88 Å². The molecular weight excluding hydrogens is 270 g/mol. The molecule has 2 heterocycles. The van der Waals surface area contributed by atoms with E-state index in [0.717, 1.165) is 32.4 Å². The molecule has 1 saturated heterocycles. The molecule has 1 aliphatic heterocycles. The zero-order chi connectivity index (χ0) is 15.2. The van der Waals surface area contributed by atoms with Crippen molar-refractivity contribution in [3.63, 3.8) is 0 Å². The highest BCUT2D eigenvalue weighted by Gasteiger charge is 2.25. The SMILES string of the molecule is CCOC(=O)c1cc(N)cnc1N1CCCC(CCO)C1. The second-order valence-corrected chi connectivity index (χ2v) is 5.33. The molecule has 0 saturated carbocycles. The largest absolute Gasteiger partial charge is 0.462 e. The third kappa shape index (κ3) is 3.85. The van der Waals surface area contributed by atoms with E-state index in [0.29, 0.717) is 29.6 Å². The first-order valence-corrected chi connectivity index (χ1v) is 7.44. The molecule has 1 aromatic rings. The van der Waals surface area contributed by atoms with Crippen molar-refractivity contribution in [3.05, 3.63) is 17.8 Å². The predicted octanol–water partition coefficient (Wildman–Crippen LogP) is 1.44. The summed E-state index contributed by atoms with van der Waals surface area (Å²) in [6.45, 7) is 3.93. The Morgan fingerprint density at radius 2 is 2.43 bits per heavy atom. The Bertz CT molecular complexity index is 491. The van der Waals surface area contributed by atoms with Gasteiger partial charge in [0.05, 0.1) is 18.5 Å². The Morgan fingerprint density at radius 1 is 1.62 bits per heavy atom. The third-order valence-corrected chi connectivity index (χ3v) is 3.74. The minimum atomic E-state index is -0.392. The van der Waals surface area contributed by atoms with Crippen LogP contribution in [0, 0.1) is 5.92 Å². The van der Waals surface area contributed by atoms with E-state index in [4.69, 9.17) is 15.6 Å². The highest BCUT2D eigenvalue weighted by Crippen LogP contribution is 2.27. The van der Waals surface area contributed by atoms with Crippen LogP contribution >= 0.6 is 0 Å². The summed E-state index contributed by atoms with van der Waals surface area (Å²) >= 11 is 0. The van der Waals surface area contributed by atoms with Crippen molar-refractivity contribution in [3.8, 4) is 0 Å². The van der Waals surface area contributed by atoms with E-state index < -0.39 is 5.97 Å². The first-order valence-electron chi connectivity index (χ1n) is 7.44. The average molecular weight is 293 g/mol. The number of hydrogen-bond acceptors (Lipinski definition) is 6. The van der Waals surface area contributed by atoms with Gasteiger partial charge in [-0.1, -0.05) is 0 Å². The van der Waals surface area contributed by atoms with Gasteiger partial charge >= 0.3 is 5.97 Å². The number of anilines is 2. The van der Waals surface area contributed by atoms with Gasteiger partial charge in [-0.2, -0.15) is 0 Å². The fourth-order valence-corrected chi connectivity index (χ4v) is 2.76. The normalized spacial score (nSPS) is 18.6. The standard InChI is InChI=1S/C15H23N3O3/c1-2-21-15(20)13-8-12(16)9-17-14(13)18-6-3-4-11(10-18)5-7-19/h8-9,11,19H,2-7,10,16H2,1H3. The maximum Gasteiger partial charge on any atom is 0.341 e. The van der Waals surface area contributed by atoms with E-state index in [9.17, 15) is 4.79 Å². The van der Waals surface area contributed by atoms with Crippen molar-refractivity contribution in [2.75, 3.05) is 36.9 Å². The number of nitrogen functional groups attached to an aromatic ring is 1. The van der Waals surface area contributed by atoms with E-state index in [1.807, 2.05) is 0 Å². The molecule has 0 amide bonds. The van der Waals surface area contributed by atoms with Gasteiger partial charge in [-0.15, -0.1) is 0 Å². The molecule has 6 nitrogen and oxygen atoms in total. The minimum absolute atomic E-state index is 0.193. The summed E-state index contributed by atoms with van der Waals surface area (Å²) in [6.07, 6.45) is 4.47. The third-order valence-electron chi connectivity index (χ3n) is 3.74. The van der Waals surface area contributed by atoms with Gasteiger partial charge in [-0.25, -0.2) is 9.78 Å². The summed E-state index contributed by atoms with van der Waals surface area (Å²) in [5.74, 6) is 0.667. The lowest BCUT2D eigenvalue weighted by Crippen LogP contribution is -2.37. The molecule has 1 atom stereocenters. The van der Waals surface area contributed by atoms with Gasteiger partial charge in [-0.05, 0) is 38.2 Å². The maximum atomic E-state index is 12.1. The number of ether oxygens (including phenoxy) is 1. The molecule has 116 valence electrons.